The lowest BCUT2D eigenvalue weighted by molar-refractivity contribution is 0.216. The van der Waals surface area contributed by atoms with E-state index in [4.69, 9.17) is 4.42 Å². The van der Waals surface area contributed by atoms with Crippen LogP contribution in [0.25, 0.3) is 0 Å². The van der Waals surface area contributed by atoms with Crippen LogP contribution in [0.4, 0.5) is 0 Å². The molecule has 0 spiro atoms. The van der Waals surface area contributed by atoms with Crippen molar-refractivity contribution in [2.45, 2.75) is 40.7 Å². The molecule has 2 aromatic rings. The van der Waals surface area contributed by atoms with Crippen molar-refractivity contribution in [2.75, 3.05) is 0 Å². The Morgan fingerprint density at radius 1 is 1.00 bits per heavy atom. The van der Waals surface area contributed by atoms with E-state index in [1.807, 2.05) is 46.8 Å². The Bertz CT molecular complexity index is 579. The van der Waals surface area contributed by atoms with Crippen LogP contribution in [0.15, 0.2) is 22.6 Å². The third-order valence-electron chi connectivity index (χ3n) is 3.62. The van der Waals surface area contributed by atoms with Crippen molar-refractivity contribution in [1.82, 2.24) is 0 Å². The summed E-state index contributed by atoms with van der Waals surface area (Å²) in [5.41, 5.74) is 5.17. The van der Waals surface area contributed by atoms with Gasteiger partial charge in [-0.3, -0.25) is 0 Å². The molecular weight excluding hydrogens is 224 g/mol. The van der Waals surface area contributed by atoms with Gasteiger partial charge in [0, 0.05) is 5.56 Å². The van der Waals surface area contributed by atoms with Crippen molar-refractivity contribution in [1.29, 1.82) is 0 Å². The van der Waals surface area contributed by atoms with E-state index >= 15 is 0 Å². The summed E-state index contributed by atoms with van der Waals surface area (Å²) in [7, 11) is 0. The van der Waals surface area contributed by atoms with Crippen molar-refractivity contribution in [3.05, 3.63) is 57.5 Å². The van der Waals surface area contributed by atoms with Gasteiger partial charge in [0.1, 0.15) is 17.6 Å². The van der Waals surface area contributed by atoms with Gasteiger partial charge < -0.3 is 9.52 Å². The van der Waals surface area contributed by atoms with Gasteiger partial charge in [-0.25, -0.2) is 0 Å². The average Bonchev–Trinajstić information content (AvgIpc) is 2.56. The number of hydrogen-bond acceptors (Lipinski definition) is 2. The Morgan fingerprint density at radius 2 is 1.67 bits per heavy atom. The molecule has 2 heteroatoms. The van der Waals surface area contributed by atoms with E-state index < -0.39 is 6.10 Å². The summed E-state index contributed by atoms with van der Waals surface area (Å²) in [6.45, 7) is 9.90. The molecule has 1 aromatic carbocycles. The van der Waals surface area contributed by atoms with Gasteiger partial charge in [0.25, 0.3) is 0 Å². The molecule has 0 saturated carbocycles. The molecule has 0 bridgehead atoms. The molecule has 0 aliphatic rings. The van der Waals surface area contributed by atoms with Crippen LogP contribution in [0.1, 0.15) is 45.4 Å². The molecule has 2 nitrogen and oxygen atoms in total. The van der Waals surface area contributed by atoms with E-state index in [9.17, 15) is 5.11 Å². The largest absolute Gasteiger partial charge is 0.466 e. The van der Waals surface area contributed by atoms with E-state index in [1.165, 1.54) is 0 Å². The zero-order chi connectivity index (χ0) is 13.4. The maximum absolute atomic E-state index is 10.6. The van der Waals surface area contributed by atoms with Gasteiger partial charge in [-0.2, -0.15) is 0 Å². The lowest BCUT2D eigenvalue weighted by Gasteiger charge is -2.15. The van der Waals surface area contributed by atoms with Gasteiger partial charge in [-0.15, -0.1) is 0 Å². The van der Waals surface area contributed by atoms with Gasteiger partial charge in [-0.05, 0) is 51.3 Å². The van der Waals surface area contributed by atoms with Crippen LogP contribution in [0, 0.1) is 34.6 Å². The predicted molar refractivity (Wildman–Crippen MR) is 72.9 cm³/mol. The second-order valence-corrected chi connectivity index (χ2v) is 5.02. The van der Waals surface area contributed by atoms with Gasteiger partial charge in [0.2, 0.25) is 0 Å². The highest BCUT2D eigenvalue weighted by molar-refractivity contribution is 5.42. The van der Waals surface area contributed by atoms with Crippen LogP contribution >= 0.6 is 0 Å². The number of aliphatic hydroxyl groups is 1. The van der Waals surface area contributed by atoms with Crippen molar-refractivity contribution >= 4 is 0 Å². The number of hydrogen-bond donors (Lipinski definition) is 1. The minimum absolute atomic E-state index is 0.609. The molecule has 0 fully saturated rings. The molecule has 1 unspecified atom stereocenters. The molecule has 96 valence electrons. The Kier molecular flexibility index (Phi) is 3.31. The highest BCUT2D eigenvalue weighted by atomic mass is 16.3. The van der Waals surface area contributed by atoms with Crippen LogP contribution in [0.5, 0.6) is 0 Å². The maximum atomic E-state index is 10.6. The lowest BCUT2D eigenvalue weighted by Crippen LogP contribution is -2.04. The maximum Gasteiger partial charge on any atom is 0.108 e. The summed E-state index contributed by atoms with van der Waals surface area (Å²) in [4.78, 5) is 0. The monoisotopic (exact) mass is 244 g/mol. The Hall–Kier alpha value is -1.54. The summed E-state index contributed by atoms with van der Waals surface area (Å²) in [5.74, 6) is 1.69. The third kappa shape index (κ3) is 2.08. The fourth-order valence-electron chi connectivity index (χ4n) is 2.42. The quantitative estimate of drug-likeness (QED) is 0.869. The number of benzene rings is 1. The fourth-order valence-corrected chi connectivity index (χ4v) is 2.42. The molecule has 18 heavy (non-hydrogen) atoms. The van der Waals surface area contributed by atoms with Crippen LogP contribution in [0.3, 0.4) is 0 Å². The van der Waals surface area contributed by atoms with Gasteiger partial charge in [0.15, 0.2) is 0 Å². The summed E-state index contributed by atoms with van der Waals surface area (Å²) in [5, 5.41) is 10.6. The number of aryl methyl sites for hydroxylation is 4. The second-order valence-electron chi connectivity index (χ2n) is 5.02. The van der Waals surface area contributed by atoms with Crippen LogP contribution < -0.4 is 0 Å². The topological polar surface area (TPSA) is 33.4 Å². The molecular formula is C16H20O2. The van der Waals surface area contributed by atoms with Crippen LogP contribution in [-0.2, 0) is 0 Å². The highest BCUT2D eigenvalue weighted by Crippen LogP contribution is 2.33. The molecule has 1 atom stereocenters. The molecule has 1 heterocycles. The first kappa shape index (κ1) is 12.9. The molecule has 1 aromatic heterocycles. The predicted octanol–water partition coefficient (Wildman–Crippen LogP) is 3.90. The molecule has 0 radical (unpaired) electrons. The molecule has 0 aliphatic carbocycles. The molecule has 1 N–H and O–H groups in total. The zero-order valence-corrected chi connectivity index (χ0v) is 11.7. The molecule has 0 saturated heterocycles. The Morgan fingerprint density at radius 3 is 2.22 bits per heavy atom. The van der Waals surface area contributed by atoms with E-state index in [1.54, 1.807) is 0 Å². The Balaban J connectivity index is 2.54. The SMILES string of the molecule is Cc1ccc(C)c(C(O)c2c(C)oc(C)c2C)c1. The van der Waals surface area contributed by atoms with Gasteiger partial charge >= 0.3 is 0 Å². The third-order valence-corrected chi connectivity index (χ3v) is 3.62. The van der Waals surface area contributed by atoms with Crippen molar-refractivity contribution < 1.29 is 9.52 Å². The second kappa shape index (κ2) is 4.62. The zero-order valence-electron chi connectivity index (χ0n) is 11.7. The van der Waals surface area contributed by atoms with Crippen molar-refractivity contribution in [3.63, 3.8) is 0 Å². The molecule has 0 aliphatic heterocycles. The molecule has 0 amide bonds. The van der Waals surface area contributed by atoms with Crippen LogP contribution in [0.2, 0.25) is 0 Å². The standard InChI is InChI=1S/C16H20O2/c1-9-6-7-10(2)14(8-9)16(17)15-11(3)12(4)18-13(15)5/h6-8,16-17H,1-5H3. The minimum Gasteiger partial charge on any atom is -0.466 e. The number of rotatable bonds is 2. The van der Waals surface area contributed by atoms with Gasteiger partial charge in [-0.1, -0.05) is 23.8 Å². The van der Waals surface area contributed by atoms with E-state index in [0.29, 0.717) is 0 Å². The first-order valence-electron chi connectivity index (χ1n) is 6.23. The lowest BCUT2D eigenvalue weighted by atomic mass is 9.94. The number of aliphatic hydroxyl groups excluding tert-OH is 1. The van der Waals surface area contributed by atoms with Crippen molar-refractivity contribution in [3.8, 4) is 0 Å². The summed E-state index contributed by atoms with van der Waals surface area (Å²) in [6.07, 6.45) is -0.609. The molecule has 2 rings (SSSR count). The number of furan rings is 1. The smallest absolute Gasteiger partial charge is 0.108 e. The fraction of sp³-hybridized carbons (Fsp3) is 0.375. The summed E-state index contributed by atoms with van der Waals surface area (Å²) >= 11 is 0. The van der Waals surface area contributed by atoms with Crippen LogP contribution in [-0.4, -0.2) is 5.11 Å². The van der Waals surface area contributed by atoms with Gasteiger partial charge in [0.05, 0.1) is 0 Å². The average molecular weight is 244 g/mol. The minimum atomic E-state index is -0.609. The van der Waals surface area contributed by atoms with Crippen molar-refractivity contribution in [2.24, 2.45) is 0 Å². The highest BCUT2D eigenvalue weighted by Gasteiger charge is 2.21. The first-order chi connectivity index (χ1) is 8.41. The Labute approximate surface area is 108 Å². The van der Waals surface area contributed by atoms with E-state index in [2.05, 4.69) is 6.07 Å². The van der Waals surface area contributed by atoms with E-state index in [0.717, 1.165) is 39.3 Å². The summed E-state index contributed by atoms with van der Waals surface area (Å²) < 4.78 is 5.60. The normalized spacial score (nSPS) is 12.8. The summed E-state index contributed by atoms with van der Waals surface area (Å²) in [6, 6.07) is 6.15. The van der Waals surface area contributed by atoms with E-state index in [-0.39, 0.29) is 0 Å². The first-order valence-corrected chi connectivity index (χ1v) is 6.23.